The molecule has 0 aliphatic rings. The van der Waals surface area contributed by atoms with Crippen molar-refractivity contribution in [2.45, 2.75) is 13.1 Å². The molecule has 0 atom stereocenters. The number of rotatable bonds is 1. The van der Waals surface area contributed by atoms with Gasteiger partial charge in [0.15, 0.2) is 5.82 Å². The molecule has 2 aromatic rings. The van der Waals surface area contributed by atoms with Crippen molar-refractivity contribution in [1.82, 2.24) is 9.97 Å². The van der Waals surface area contributed by atoms with E-state index < -0.39 is 11.7 Å². The maximum absolute atomic E-state index is 12.4. The molecular formula is C12H9F3N2O. The smallest absolute Gasteiger partial charge is 0.416 e. The second-order valence-corrected chi connectivity index (χ2v) is 3.78. The maximum Gasteiger partial charge on any atom is 0.416 e. The monoisotopic (exact) mass is 254 g/mol. The number of aryl methyl sites for hydroxylation is 1. The number of nitrogens with zero attached hydrogens (tertiary/aromatic N) is 2. The molecule has 1 N–H and O–H groups in total. The number of alkyl halides is 3. The standard InChI is InChI=1S/C12H9F3N2O/c1-7-6-16-10(17-11(7)18)8-2-4-9(5-3-8)12(13,14)15/h2-6H,1H3,(H,16,17,18). The fourth-order valence-electron chi connectivity index (χ4n) is 1.38. The van der Waals surface area contributed by atoms with Gasteiger partial charge in [0, 0.05) is 17.3 Å². The van der Waals surface area contributed by atoms with Crippen molar-refractivity contribution in [3.05, 3.63) is 41.6 Å². The van der Waals surface area contributed by atoms with Crippen molar-refractivity contribution < 1.29 is 18.3 Å². The number of hydrogen-bond acceptors (Lipinski definition) is 3. The summed E-state index contributed by atoms with van der Waals surface area (Å²) in [4.78, 5) is 7.75. The zero-order valence-electron chi connectivity index (χ0n) is 9.36. The van der Waals surface area contributed by atoms with Gasteiger partial charge in [-0.15, -0.1) is 0 Å². The van der Waals surface area contributed by atoms with E-state index in [2.05, 4.69) is 9.97 Å². The van der Waals surface area contributed by atoms with Crippen LogP contribution in [-0.4, -0.2) is 15.1 Å². The first kappa shape index (κ1) is 12.3. The van der Waals surface area contributed by atoms with E-state index in [4.69, 9.17) is 0 Å². The first-order valence-electron chi connectivity index (χ1n) is 5.08. The van der Waals surface area contributed by atoms with Gasteiger partial charge in [-0.3, -0.25) is 0 Å². The highest BCUT2D eigenvalue weighted by atomic mass is 19.4. The van der Waals surface area contributed by atoms with Crippen LogP contribution in [0.3, 0.4) is 0 Å². The second kappa shape index (κ2) is 4.29. The average molecular weight is 254 g/mol. The van der Waals surface area contributed by atoms with E-state index in [9.17, 15) is 18.3 Å². The van der Waals surface area contributed by atoms with Gasteiger partial charge in [-0.2, -0.15) is 18.2 Å². The van der Waals surface area contributed by atoms with Crippen LogP contribution in [-0.2, 0) is 6.18 Å². The minimum Gasteiger partial charge on any atom is -0.493 e. The molecule has 0 bridgehead atoms. The summed E-state index contributed by atoms with van der Waals surface area (Å²) >= 11 is 0. The molecule has 0 fully saturated rings. The topological polar surface area (TPSA) is 46.0 Å². The summed E-state index contributed by atoms with van der Waals surface area (Å²) < 4.78 is 37.1. The lowest BCUT2D eigenvalue weighted by Crippen LogP contribution is -2.04. The van der Waals surface area contributed by atoms with Crippen molar-refractivity contribution in [1.29, 1.82) is 0 Å². The highest BCUT2D eigenvalue weighted by Crippen LogP contribution is 2.30. The van der Waals surface area contributed by atoms with Crippen molar-refractivity contribution in [3.8, 4) is 17.3 Å². The van der Waals surface area contributed by atoms with Crippen molar-refractivity contribution >= 4 is 0 Å². The van der Waals surface area contributed by atoms with Gasteiger partial charge in [0.1, 0.15) is 0 Å². The summed E-state index contributed by atoms with van der Waals surface area (Å²) in [5.41, 5.74) is 0.187. The van der Waals surface area contributed by atoms with Gasteiger partial charge in [-0.1, -0.05) is 12.1 Å². The van der Waals surface area contributed by atoms with Gasteiger partial charge in [-0.25, -0.2) is 4.98 Å². The number of aromatic nitrogens is 2. The highest BCUT2D eigenvalue weighted by molar-refractivity contribution is 5.56. The molecule has 2 rings (SSSR count). The Morgan fingerprint density at radius 2 is 1.72 bits per heavy atom. The molecular weight excluding hydrogens is 245 g/mol. The molecule has 0 spiro atoms. The quantitative estimate of drug-likeness (QED) is 0.850. The predicted octanol–water partition coefficient (Wildman–Crippen LogP) is 3.18. The Balaban J connectivity index is 2.37. The third kappa shape index (κ3) is 2.42. The molecule has 0 unspecified atom stereocenters. The largest absolute Gasteiger partial charge is 0.493 e. The second-order valence-electron chi connectivity index (χ2n) is 3.78. The first-order valence-corrected chi connectivity index (χ1v) is 5.08. The zero-order valence-corrected chi connectivity index (χ0v) is 9.36. The number of benzene rings is 1. The molecule has 1 aromatic heterocycles. The lowest BCUT2D eigenvalue weighted by molar-refractivity contribution is -0.137. The van der Waals surface area contributed by atoms with Crippen LogP contribution in [0.25, 0.3) is 11.4 Å². The van der Waals surface area contributed by atoms with Crippen LogP contribution in [0.1, 0.15) is 11.1 Å². The molecule has 0 saturated heterocycles. The molecule has 0 saturated carbocycles. The van der Waals surface area contributed by atoms with Crippen LogP contribution >= 0.6 is 0 Å². The van der Waals surface area contributed by atoms with E-state index >= 15 is 0 Å². The lowest BCUT2D eigenvalue weighted by Gasteiger charge is -2.07. The minimum absolute atomic E-state index is 0.181. The highest BCUT2D eigenvalue weighted by Gasteiger charge is 2.30. The minimum atomic E-state index is -4.37. The summed E-state index contributed by atoms with van der Waals surface area (Å²) in [7, 11) is 0. The third-order valence-electron chi connectivity index (χ3n) is 2.42. The van der Waals surface area contributed by atoms with Crippen LogP contribution in [0.2, 0.25) is 0 Å². The molecule has 0 amide bonds. The molecule has 18 heavy (non-hydrogen) atoms. The Morgan fingerprint density at radius 3 is 2.22 bits per heavy atom. The van der Waals surface area contributed by atoms with E-state index in [1.807, 2.05) is 0 Å². The van der Waals surface area contributed by atoms with Crippen LogP contribution in [0.4, 0.5) is 13.2 Å². The van der Waals surface area contributed by atoms with Crippen molar-refractivity contribution in [2.24, 2.45) is 0 Å². The summed E-state index contributed by atoms with van der Waals surface area (Å²) in [5.74, 6) is 0.00622. The average Bonchev–Trinajstić information content (AvgIpc) is 2.32. The molecule has 0 radical (unpaired) electrons. The van der Waals surface area contributed by atoms with Gasteiger partial charge in [0.2, 0.25) is 5.88 Å². The molecule has 3 nitrogen and oxygen atoms in total. The Bertz CT molecular complexity index is 565. The van der Waals surface area contributed by atoms with Crippen LogP contribution in [0, 0.1) is 6.92 Å². The summed E-state index contributed by atoms with van der Waals surface area (Å²) in [5, 5.41) is 9.41. The van der Waals surface area contributed by atoms with Gasteiger partial charge in [0.05, 0.1) is 5.56 Å². The normalized spacial score (nSPS) is 11.6. The van der Waals surface area contributed by atoms with E-state index in [1.165, 1.54) is 18.3 Å². The summed E-state index contributed by atoms with van der Waals surface area (Å²) in [6.45, 7) is 1.63. The van der Waals surface area contributed by atoms with Gasteiger partial charge in [0.25, 0.3) is 0 Å². The molecule has 6 heteroatoms. The Kier molecular flexibility index (Phi) is 2.94. The molecule has 1 aromatic carbocycles. The first-order chi connectivity index (χ1) is 8.38. The van der Waals surface area contributed by atoms with E-state index in [1.54, 1.807) is 6.92 Å². The summed E-state index contributed by atoms with van der Waals surface area (Å²) in [6, 6.07) is 4.45. The number of hydrogen-bond donors (Lipinski definition) is 1. The van der Waals surface area contributed by atoms with Crippen LogP contribution in [0.5, 0.6) is 5.88 Å². The van der Waals surface area contributed by atoms with Gasteiger partial charge < -0.3 is 5.11 Å². The van der Waals surface area contributed by atoms with Crippen LogP contribution in [0.15, 0.2) is 30.5 Å². The maximum atomic E-state index is 12.4. The van der Waals surface area contributed by atoms with Gasteiger partial charge >= 0.3 is 6.18 Å². The SMILES string of the molecule is Cc1cnc(-c2ccc(C(F)(F)F)cc2)nc1O. The fourth-order valence-corrected chi connectivity index (χ4v) is 1.38. The van der Waals surface area contributed by atoms with Crippen LogP contribution < -0.4 is 0 Å². The molecule has 0 aliphatic heterocycles. The fraction of sp³-hybridized carbons (Fsp3) is 0.167. The van der Waals surface area contributed by atoms with Crippen molar-refractivity contribution in [3.63, 3.8) is 0 Å². The molecule has 94 valence electrons. The molecule has 0 aliphatic carbocycles. The lowest BCUT2D eigenvalue weighted by atomic mass is 10.1. The number of aromatic hydroxyl groups is 1. The van der Waals surface area contributed by atoms with Gasteiger partial charge in [-0.05, 0) is 19.1 Å². The predicted molar refractivity (Wildman–Crippen MR) is 58.9 cm³/mol. The van der Waals surface area contributed by atoms with E-state index in [0.717, 1.165) is 12.1 Å². The van der Waals surface area contributed by atoms with E-state index in [-0.39, 0.29) is 11.7 Å². The molecule has 1 heterocycles. The zero-order chi connectivity index (χ0) is 13.3. The number of halogens is 3. The Hall–Kier alpha value is -2.11. The third-order valence-corrected chi connectivity index (χ3v) is 2.42. The van der Waals surface area contributed by atoms with Crippen molar-refractivity contribution in [2.75, 3.05) is 0 Å². The van der Waals surface area contributed by atoms with E-state index in [0.29, 0.717) is 11.1 Å². The summed E-state index contributed by atoms with van der Waals surface area (Å²) in [6.07, 6.45) is -2.95. The Morgan fingerprint density at radius 1 is 1.11 bits per heavy atom. The Labute approximate surface area is 101 Å².